The van der Waals surface area contributed by atoms with Crippen LogP contribution in [-0.4, -0.2) is 24.4 Å². The maximum atomic E-state index is 11.8. The Balaban J connectivity index is 1.71. The molecule has 1 fully saturated rings. The number of carbonyl (C=O) groups is 2. The molecule has 0 saturated carbocycles. The second-order valence-corrected chi connectivity index (χ2v) is 5.78. The molecule has 1 atom stereocenters. The van der Waals surface area contributed by atoms with E-state index in [4.69, 9.17) is 0 Å². The van der Waals surface area contributed by atoms with E-state index in [0.717, 1.165) is 17.1 Å². The fraction of sp³-hybridized carbons (Fsp3) is 0.286. The van der Waals surface area contributed by atoms with Gasteiger partial charge in [-0.05, 0) is 17.9 Å². The summed E-state index contributed by atoms with van der Waals surface area (Å²) in [5, 5.41) is 10.4. The topological polar surface area (TPSA) is 73.5 Å². The molecular formula is C14H16N4O2S. The van der Waals surface area contributed by atoms with Gasteiger partial charge < -0.3 is 5.32 Å². The van der Waals surface area contributed by atoms with E-state index >= 15 is 0 Å². The van der Waals surface area contributed by atoms with Crippen LogP contribution in [0, 0.1) is 0 Å². The number of nitrogens with zero attached hydrogens (tertiary/aromatic N) is 1. The number of nitrogens with one attached hydrogen (secondary N) is 3. The Labute approximate surface area is 126 Å². The van der Waals surface area contributed by atoms with Gasteiger partial charge in [0.1, 0.15) is 11.0 Å². The Morgan fingerprint density at radius 1 is 1.48 bits per heavy atom. The Bertz CT molecular complexity index is 622. The largest absolute Gasteiger partial charge is 0.374 e. The highest BCUT2D eigenvalue weighted by molar-refractivity contribution is 7.14. The van der Waals surface area contributed by atoms with Gasteiger partial charge in [0.2, 0.25) is 11.8 Å². The lowest BCUT2D eigenvalue weighted by atomic mass is 10.1. The molecule has 1 aromatic rings. The van der Waals surface area contributed by atoms with Gasteiger partial charge in [-0.2, -0.15) is 0 Å². The van der Waals surface area contributed by atoms with E-state index in [-0.39, 0.29) is 11.8 Å². The summed E-state index contributed by atoms with van der Waals surface area (Å²) in [6.07, 6.45) is 4.84. The maximum absolute atomic E-state index is 11.8. The van der Waals surface area contributed by atoms with E-state index in [1.165, 1.54) is 0 Å². The molecule has 0 aromatic carbocycles. The predicted octanol–water partition coefficient (Wildman–Crippen LogP) is 0.952. The number of hydrogen-bond acceptors (Lipinski definition) is 6. The van der Waals surface area contributed by atoms with E-state index < -0.39 is 6.04 Å². The molecule has 0 spiro atoms. The molecule has 3 N–H and O–H groups in total. The summed E-state index contributed by atoms with van der Waals surface area (Å²) in [6, 6.07) is 1.56. The molecule has 0 radical (unpaired) electrons. The van der Waals surface area contributed by atoms with E-state index in [2.05, 4.69) is 22.6 Å². The van der Waals surface area contributed by atoms with Gasteiger partial charge in [-0.15, -0.1) is 11.3 Å². The van der Waals surface area contributed by atoms with Crippen LogP contribution in [0.25, 0.3) is 5.70 Å². The highest BCUT2D eigenvalue weighted by atomic mass is 32.1. The summed E-state index contributed by atoms with van der Waals surface area (Å²) in [5.74, 6) is -0.505. The van der Waals surface area contributed by atoms with Crippen molar-refractivity contribution in [2.75, 3.05) is 11.6 Å². The lowest BCUT2D eigenvalue weighted by Gasteiger charge is -2.24. The van der Waals surface area contributed by atoms with Gasteiger partial charge in [0.15, 0.2) is 0 Å². The third-order valence-corrected chi connectivity index (χ3v) is 4.32. The molecule has 0 aliphatic carbocycles. The van der Waals surface area contributed by atoms with Crippen molar-refractivity contribution >= 4 is 33.8 Å². The molecule has 6 nitrogen and oxygen atoms in total. The number of anilines is 1. The minimum Gasteiger partial charge on any atom is -0.374 e. The number of imide groups is 1. The van der Waals surface area contributed by atoms with Crippen LogP contribution in [-0.2, 0) is 9.59 Å². The van der Waals surface area contributed by atoms with Gasteiger partial charge in [-0.25, -0.2) is 5.43 Å². The molecule has 0 bridgehead atoms. The second kappa shape index (κ2) is 5.71. The molecule has 1 aromatic heterocycles. The third-order valence-electron chi connectivity index (χ3n) is 3.41. The summed E-state index contributed by atoms with van der Waals surface area (Å²) >= 11 is 1.60. The van der Waals surface area contributed by atoms with Crippen LogP contribution < -0.4 is 21.1 Å². The number of thiophene rings is 1. The predicted molar refractivity (Wildman–Crippen MR) is 82.3 cm³/mol. The standard InChI is InChI=1S/C14H16N4O2S/c1-9(16-11-3-4-12(19)17-13(11)20)10-5-8-21-14(10)18-7-2-6-15-18/h2,5,7-8,11,15-16H,1,3-4,6H2,(H,17,19,20). The first-order valence-electron chi connectivity index (χ1n) is 6.71. The van der Waals surface area contributed by atoms with Gasteiger partial charge in [-0.1, -0.05) is 12.7 Å². The molecular weight excluding hydrogens is 288 g/mol. The van der Waals surface area contributed by atoms with E-state index in [1.807, 2.05) is 28.7 Å². The van der Waals surface area contributed by atoms with Crippen LogP contribution in [0.5, 0.6) is 0 Å². The second-order valence-electron chi connectivity index (χ2n) is 4.88. The lowest BCUT2D eigenvalue weighted by molar-refractivity contribution is -0.134. The molecule has 7 heteroatoms. The van der Waals surface area contributed by atoms with Crippen molar-refractivity contribution in [1.29, 1.82) is 0 Å². The number of hydrazine groups is 1. The Hall–Kier alpha value is -2.12. The number of carbonyl (C=O) groups excluding carboxylic acids is 2. The van der Waals surface area contributed by atoms with Gasteiger partial charge in [0.25, 0.3) is 0 Å². The van der Waals surface area contributed by atoms with Crippen molar-refractivity contribution in [2.45, 2.75) is 18.9 Å². The first-order valence-corrected chi connectivity index (χ1v) is 7.59. The maximum Gasteiger partial charge on any atom is 0.249 e. The van der Waals surface area contributed by atoms with Crippen molar-refractivity contribution < 1.29 is 9.59 Å². The minimum atomic E-state index is -0.412. The van der Waals surface area contributed by atoms with Gasteiger partial charge in [0.05, 0.1) is 0 Å². The van der Waals surface area contributed by atoms with Gasteiger partial charge >= 0.3 is 0 Å². The summed E-state index contributed by atoms with van der Waals surface area (Å²) in [5.41, 5.74) is 4.84. The Morgan fingerprint density at radius 3 is 3.05 bits per heavy atom. The van der Waals surface area contributed by atoms with E-state index in [0.29, 0.717) is 18.5 Å². The Morgan fingerprint density at radius 2 is 2.33 bits per heavy atom. The number of rotatable bonds is 4. The summed E-state index contributed by atoms with van der Waals surface area (Å²) < 4.78 is 0. The number of amides is 2. The first-order chi connectivity index (χ1) is 10.1. The summed E-state index contributed by atoms with van der Waals surface area (Å²) in [7, 11) is 0. The third kappa shape index (κ3) is 2.84. The highest BCUT2D eigenvalue weighted by Crippen LogP contribution is 2.32. The molecule has 3 heterocycles. The monoisotopic (exact) mass is 304 g/mol. The highest BCUT2D eigenvalue weighted by Gasteiger charge is 2.27. The molecule has 1 saturated heterocycles. The van der Waals surface area contributed by atoms with E-state index in [9.17, 15) is 9.59 Å². The fourth-order valence-corrected chi connectivity index (χ4v) is 3.23. The van der Waals surface area contributed by atoms with Crippen LogP contribution >= 0.6 is 11.3 Å². The average Bonchev–Trinajstić information content (AvgIpc) is 3.10. The van der Waals surface area contributed by atoms with Crippen LogP contribution in [0.15, 0.2) is 30.3 Å². The summed E-state index contributed by atoms with van der Waals surface area (Å²) in [4.78, 5) is 22.9. The Kier molecular flexibility index (Phi) is 3.76. The van der Waals surface area contributed by atoms with Gasteiger partial charge in [-0.3, -0.25) is 19.9 Å². The average molecular weight is 304 g/mol. The molecule has 2 amide bonds. The molecule has 110 valence electrons. The SMILES string of the molecule is C=C(NC1CCC(=O)NC1=O)c1ccsc1N1C=CCN1. The molecule has 21 heavy (non-hydrogen) atoms. The van der Waals surface area contributed by atoms with Gasteiger partial charge in [0, 0.05) is 30.4 Å². The van der Waals surface area contributed by atoms with E-state index in [1.54, 1.807) is 11.3 Å². The van der Waals surface area contributed by atoms with Crippen LogP contribution in [0.3, 0.4) is 0 Å². The minimum absolute atomic E-state index is 0.216. The van der Waals surface area contributed by atoms with Crippen molar-refractivity contribution in [1.82, 2.24) is 16.1 Å². The molecule has 2 aliphatic heterocycles. The lowest BCUT2D eigenvalue weighted by Crippen LogP contribution is -2.50. The van der Waals surface area contributed by atoms with Crippen LogP contribution in [0.2, 0.25) is 0 Å². The zero-order chi connectivity index (χ0) is 14.8. The van der Waals surface area contributed by atoms with Crippen LogP contribution in [0.4, 0.5) is 5.00 Å². The van der Waals surface area contributed by atoms with Crippen molar-refractivity contribution in [3.8, 4) is 0 Å². The number of hydrogen-bond donors (Lipinski definition) is 3. The normalized spacial score (nSPS) is 21.5. The number of piperidine rings is 1. The zero-order valence-electron chi connectivity index (χ0n) is 11.4. The molecule has 1 unspecified atom stereocenters. The molecule has 2 aliphatic rings. The molecule has 3 rings (SSSR count). The van der Waals surface area contributed by atoms with Crippen molar-refractivity contribution in [3.63, 3.8) is 0 Å². The van der Waals surface area contributed by atoms with Crippen LogP contribution in [0.1, 0.15) is 18.4 Å². The van der Waals surface area contributed by atoms with Crippen molar-refractivity contribution in [3.05, 3.63) is 35.9 Å². The first kappa shape index (κ1) is 13.8. The zero-order valence-corrected chi connectivity index (χ0v) is 12.2. The van der Waals surface area contributed by atoms with Crippen molar-refractivity contribution in [2.24, 2.45) is 0 Å². The summed E-state index contributed by atoms with van der Waals surface area (Å²) in [6.45, 7) is 4.82. The quantitative estimate of drug-likeness (QED) is 0.722. The smallest absolute Gasteiger partial charge is 0.249 e. The fourth-order valence-electron chi connectivity index (χ4n) is 2.34.